The third kappa shape index (κ3) is 3.72. The van der Waals surface area contributed by atoms with E-state index in [-0.39, 0.29) is 30.2 Å². The van der Waals surface area contributed by atoms with Crippen LogP contribution in [0, 0.1) is 5.92 Å². The second-order valence-corrected chi connectivity index (χ2v) is 6.75. The molecule has 26 heavy (non-hydrogen) atoms. The van der Waals surface area contributed by atoms with Crippen molar-refractivity contribution in [3.05, 3.63) is 24.3 Å². The summed E-state index contributed by atoms with van der Waals surface area (Å²) in [7, 11) is 0. The number of fused-ring (bicyclic) bond motifs is 1. The molecule has 2 heterocycles. The van der Waals surface area contributed by atoms with Crippen LogP contribution in [0.1, 0.15) is 26.7 Å². The summed E-state index contributed by atoms with van der Waals surface area (Å²) in [6, 6.07) is 6.88. The molecule has 3 rings (SSSR count). The molecule has 1 N–H and O–H groups in total. The Hall–Kier alpha value is -2.41. The molecule has 0 radical (unpaired) electrons. The minimum Gasteiger partial charge on any atom is -0.466 e. The molecular formula is C19H25N3O4. The van der Waals surface area contributed by atoms with Gasteiger partial charge < -0.3 is 10.1 Å². The van der Waals surface area contributed by atoms with Gasteiger partial charge in [-0.05, 0) is 45.4 Å². The molecule has 7 nitrogen and oxygen atoms in total. The topological polar surface area (TPSA) is 79.0 Å². The summed E-state index contributed by atoms with van der Waals surface area (Å²) in [5.74, 6) is -0.723. The fourth-order valence-electron chi connectivity index (χ4n) is 3.62. The number of nitrogens with zero attached hydrogens (tertiary/aromatic N) is 2. The lowest BCUT2D eigenvalue weighted by Gasteiger charge is -2.38. The molecule has 0 bridgehead atoms. The Labute approximate surface area is 153 Å². The van der Waals surface area contributed by atoms with Crippen molar-refractivity contribution in [2.45, 2.75) is 32.7 Å². The zero-order valence-corrected chi connectivity index (χ0v) is 15.2. The third-order valence-corrected chi connectivity index (χ3v) is 5.01. The van der Waals surface area contributed by atoms with Crippen LogP contribution >= 0.6 is 0 Å². The number of carbonyl (C=O) groups excluding carboxylic acids is 3. The van der Waals surface area contributed by atoms with E-state index < -0.39 is 6.04 Å². The molecule has 0 aliphatic carbocycles. The number of hydrogen-bond donors (Lipinski definition) is 1. The molecule has 1 aromatic rings. The smallest absolute Gasteiger partial charge is 0.310 e. The lowest BCUT2D eigenvalue weighted by molar-refractivity contribution is -0.150. The van der Waals surface area contributed by atoms with Crippen molar-refractivity contribution >= 4 is 29.2 Å². The van der Waals surface area contributed by atoms with Crippen LogP contribution in [0.3, 0.4) is 0 Å². The molecular weight excluding hydrogens is 334 g/mol. The van der Waals surface area contributed by atoms with Gasteiger partial charge in [0.25, 0.3) is 0 Å². The van der Waals surface area contributed by atoms with Crippen molar-refractivity contribution in [1.29, 1.82) is 0 Å². The van der Waals surface area contributed by atoms with Gasteiger partial charge in [0.2, 0.25) is 11.8 Å². The molecule has 1 saturated heterocycles. The third-order valence-electron chi connectivity index (χ3n) is 5.01. The normalized spacial score (nSPS) is 21.5. The molecule has 2 aliphatic rings. The number of benzene rings is 1. The van der Waals surface area contributed by atoms with Crippen LogP contribution in [-0.4, -0.2) is 55.0 Å². The van der Waals surface area contributed by atoms with E-state index in [1.165, 1.54) is 4.90 Å². The number of piperidine rings is 1. The van der Waals surface area contributed by atoms with Crippen molar-refractivity contribution in [1.82, 2.24) is 4.90 Å². The molecule has 1 aromatic carbocycles. The van der Waals surface area contributed by atoms with E-state index in [2.05, 4.69) is 5.32 Å². The van der Waals surface area contributed by atoms with Crippen LogP contribution in [0.2, 0.25) is 0 Å². The monoisotopic (exact) mass is 359 g/mol. The van der Waals surface area contributed by atoms with Crippen molar-refractivity contribution < 1.29 is 19.1 Å². The average molecular weight is 359 g/mol. The first-order valence-corrected chi connectivity index (χ1v) is 9.12. The summed E-state index contributed by atoms with van der Waals surface area (Å²) in [6.45, 7) is 5.27. The van der Waals surface area contributed by atoms with Gasteiger partial charge in [-0.1, -0.05) is 12.1 Å². The highest BCUT2D eigenvalue weighted by Crippen LogP contribution is 2.30. The van der Waals surface area contributed by atoms with Crippen molar-refractivity contribution in [3.8, 4) is 0 Å². The first kappa shape index (κ1) is 18.4. The average Bonchev–Trinajstić information content (AvgIpc) is 2.66. The Morgan fingerprint density at radius 1 is 1.35 bits per heavy atom. The van der Waals surface area contributed by atoms with Crippen LogP contribution in [0.25, 0.3) is 0 Å². The summed E-state index contributed by atoms with van der Waals surface area (Å²) in [4.78, 5) is 40.7. The molecule has 2 unspecified atom stereocenters. The number of esters is 1. The van der Waals surface area contributed by atoms with E-state index in [0.717, 1.165) is 19.4 Å². The standard InChI is InChI=1S/C19H25N3O4/c1-3-26-19(25)14-7-6-10-21(11-14)13(2)18(24)22-12-17(23)20-15-8-4-5-9-16(15)22/h4-5,8-9,13-14H,3,6-7,10-12H2,1-2H3,(H,20,23). The Balaban J connectivity index is 1.73. The summed E-state index contributed by atoms with van der Waals surface area (Å²) < 4.78 is 5.13. The fourth-order valence-corrected chi connectivity index (χ4v) is 3.62. The van der Waals surface area contributed by atoms with E-state index in [0.29, 0.717) is 24.5 Å². The predicted molar refractivity (Wildman–Crippen MR) is 97.8 cm³/mol. The summed E-state index contributed by atoms with van der Waals surface area (Å²) in [6.07, 6.45) is 1.63. The number of hydrogen-bond acceptors (Lipinski definition) is 5. The van der Waals surface area contributed by atoms with Gasteiger partial charge in [-0.3, -0.25) is 24.2 Å². The summed E-state index contributed by atoms with van der Waals surface area (Å²) >= 11 is 0. The van der Waals surface area contributed by atoms with E-state index in [1.54, 1.807) is 13.0 Å². The number of anilines is 2. The molecule has 2 amide bonds. The molecule has 2 aliphatic heterocycles. The lowest BCUT2D eigenvalue weighted by atomic mass is 9.96. The molecule has 140 valence electrons. The maximum Gasteiger partial charge on any atom is 0.310 e. The second-order valence-electron chi connectivity index (χ2n) is 6.75. The van der Waals surface area contributed by atoms with E-state index >= 15 is 0 Å². The Morgan fingerprint density at radius 2 is 2.12 bits per heavy atom. The highest BCUT2D eigenvalue weighted by molar-refractivity contribution is 6.11. The first-order chi connectivity index (χ1) is 12.5. The molecule has 0 saturated carbocycles. The van der Waals surface area contributed by atoms with E-state index in [4.69, 9.17) is 4.74 Å². The van der Waals surface area contributed by atoms with Crippen LogP contribution in [0.15, 0.2) is 24.3 Å². The lowest BCUT2D eigenvalue weighted by Crippen LogP contribution is -2.54. The minimum atomic E-state index is -0.411. The molecule has 2 atom stereocenters. The number of nitrogens with one attached hydrogen (secondary N) is 1. The zero-order chi connectivity index (χ0) is 18.7. The highest BCUT2D eigenvalue weighted by Gasteiger charge is 2.35. The van der Waals surface area contributed by atoms with Gasteiger partial charge in [0.1, 0.15) is 6.54 Å². The summed E-state index contributed by atoms with van der Waals surface area (Å²) in [5, 5.41) is 2.79. The molecule has 7 heteroatoms. The van der Waals surface area contributed by atoms with Crippen molar-refractivity contribution in [3.63, 3.8) is 0 Å². The van der Waals surface area contributed by atoms with Gasteiger partial charge in [-0.15, -0.1) is 0 Å². The van der Waals surface area contributed by atoms with Gasteiger partial charge in [0.05, 0.1) is 29.9 Å². The van der Waals surface area contributed by atoms with Gasteiger partial charge in [-0.2, -0.15) is 0 Å². The maximum atomic E-state index is 13.1. The van der Waals surface area contributed by atoms with Crippen molar-refractivity contribution in [2.75, 3.05) is 36.5 Å². The molecule has 1 fully saturated rings. The predicted octanol–water partition coefficient (Wildman–Crippen LogP) is 1.64. The zero-order valence-electron chi connectivity index (χ0n) is 15.2. The van der Waals surface area contributed by atoms with E-state index in [1.807, 2.05) is 30.0 Å². The number of para-hydroxylation sites is 2. The first-order valence-electron chi connectivity index (χ1n) is 9.12. The quantitative estimate of drug-likeness (QED) is 0.827. The van der Waals surface area contributed by atoms with Gasteiger partial charge in [-0.25, -0.2) is 0 Å². The van der Waals surface area contributed by atoms with Gasteiger partial charge in [0.15, 0.2) is 0 Å². The van der Waals surface area contributed by atoms with Crippen molar-refractivity contribution in [2.24, 2.45) is 5.92 Å². The Kier molecular flexibility index (Phi) is 5.56. The van der Waals surface area contributed by atoms with E-state index in [9.17, 15) is 14.4 Å². The minimum absolute atomic E-state index is 0.00926. The number of ether oxygens (including phenoxy) is 1. The largest absolute Gasteiger partial charge is 0.466 e. The van der Waals surface area contributed by atoms with Gasteiger partial charge in [0, 0.05) is 6.54 Å². The molecule has 0 spiro atoms. The van der Waals surface area contributed by atoms with Crippen LogP contribution in [0.4, 0.5) is 11.4 Å². The highest BCUT2D eigenvalue weighted by atomic mass is 16.5. The number of carbonyl (C=O) groups is 3. The van der Waals surface area contributed by atoms with Crippen LogP contribution in [-0.2, 0) is 19.1 Å². The maximum absolute atomic E-state index is 13.1. The van der Waals surface area contributed by atoms with Crippen LogP contribution < -0.4 is 10.2 Å². The second kappa shape index (κ2) is 7.86. The number of amides is 2. The molecule has 0 aromatic heterocycles. The number of rotatable bonds is 4. The van der Waals surface area contributed by atoms with Crippen LogP contribution in [0.5, 0.6) is 0 Å². The van der Waals surface area contributed by atoms with Gasteiger partial charge >= 0.3 is 5.97 Å². The number of likely N-dealkylation sites (tertiary alicyclic amines) is 1. The summed E-state index contributed by atoms with van der Waals surface area (Å²) in [5.41, 5.74) is 1.36. The Morgan fingerprint density at radius 3 is 2.88 bits per heavy atom. The SMILES string of the molecule is CCOC(=O)C1CCCN(C(C)C(=O)N2CC(=O)Nc3ccccc32)C1. The Bertz CT molecular complexity index is 706. The fraction of sp³-hybridized carbons (Fsp3) is 0.526.